The molecule has 0 unspecified atom stereocenters. The van der Waals surface area contributed by atoms with Gasteiger partial charge in [0.25, 0.3) is 5.91 Å². The van der Waals surface area contributed by atoms with Crippen molar-refractivity contribution < 1.29 is 17.9 Å². The number of carbonyl (C=O) groups excluding carboxylic acids is 1. The molecule has 1 aliphatic rings. The molecule has 0 bridgehead atoms. The molecular formula is C18H19NO4S. The van der Waals surface area contributed by atoms with Crippen molar-refractivity contribution in [1.82, 2.24) is 4.90 Å². The van der Waals surface area contributed by atoms with Crippen LogP contribution in [-0.4, -0.2) is 43.8 Å². The number of ether oxygens (including phenoxy) is 1. The van der Waals surface area contributed by atoms with Crippen LogP contribution in [0, 0.1) is 0 Å². The van der Waals surface area contributed by atoms with Crippen LogP contribution >= 0.6 is 0 Å². The van der Waals surface area contributed by atoms with E-state index >= 15 is 0 Å². The first-order valence-corrected chi connectivity index (χ1v) is 9.57. The maximum absolute atomic E-state index is 12.5. The van der Waals surface area contributed by atoms with Gasteiger partial charge < -0.3 is 9.64 Å². The molecule has 24 heavy (non-hydrogen) atoms. The van der Waals surface area contributed by atoms with E-state index in [0.717, 1.165) is 5.75 Å². The molecule has 1 aliphatic heterocycles. The third kappa shape index (κ3) is 3.76. The van der Waals surface area contributed by atoms with Gasteiger partial charge in [0, 0.05) is 18.7 Å². The molecule has 1 fully saturated rings. The van der Waals surface area contributed by atoms with E-state index < -0.39 is 9.84 Å². The summed E-state index contributed by atoms with van der Waals surface area (Å²) in [5.41, 5.74) is 0.516. The number of benzene rings is 2. The van der Waals surface area contributed by atoms with Gasteiger partial charge >= 0.3 is 0 Å². The highest BCUT2D eigenvalue weighted by molar-refractivity contribution is 7.91. The van der Waals surface area contributed by atoms with Crippen LogP contribution in [0.15, 0.2) is 54.6 Å². The fourth-order valence-corrected chi connectivity index (χ4v) is 4.51. The fourth-order valence-electron chi connectivity index (χ4n) is 2.74. The lowest BCUT2D eigenvalue weighted by molar-refractivity contribution is 0.0747. The third-order valence-corrected chi connectivity index (χ3v) is 5.91. The Morgan fingerprint density at radius 2 is 1.67 bits per heavy atom. The highest BCUT2D eigenvalue weighted by Gasteiger charge is 2.32. The molecule has 1 saturated heterocycles. The minimum absolute atomic E-state index is 0.0461. The van der Waals surface area contributed by atoms with Gasteiger partial charge in [0.2, 0.25) is 0 Å². The van der Waals surface area contributed by atoms with Crippen molar-refractivity contribution in [3.05, 3.63) is 60.2 Å². The average molecular weight is 345 g/mol. The second-order valence-corrected chi connectivity index (χ2v) is 8.14. The lowest BCUT2D eigenvalue weighted by Gasteiger charge is -2.23. The van der Waals surface area contributed by atoms with Crippen LogP contribution in [0.2, 0.25) is 0 Å². The molecular weight excluding hydrogens is 326 g/mol. The summed E-state index contributed by atoms with van der Waals surface area (Å²) < 4.78 is 28.8. The molecule has 126 valence electrons. The van der Waals surface area contributed by atoms with Crippen molar-refractivity contribution in [2.75, 3.05) is 18.6 Å². The van der Waals surface area contributed by atoms with Gasteiger partial charge in [0.15, 0.2) is 9.84 Å². The van der Waals surface area contributed by atoms with Crippen molar-refractivity contribution in [3.8, 4) is 11.5 Å². The maximum atomic E-state index is 12.5. The number of amides is 1. The molecule has 0 radical (unpaired) electrons. The van der Waals surface area contributed by atoms with Gasteiger partial charge in [-0.2, -0.15) is 0 Å². The van der Waals surface area contributed by atoms with Crippen LogP contribution in [0.5, 0.6) is 11.5 Å². The molecule has 1 amide bonds. The first kappa shape index (κ1) is 16.5. The van der Waals surface area contributed by atoms with E-state index in [9.17, 15) is 13.2 Å². The number of hydrogen-bond acceptors (Lipinski definition) is 4. The Labute approximate surface area is 141 Å². The monoisotopic (exact) mass is 345 g/mol. The maximum Gasteiger partial charge on any atom is 0.253 e. The molecule has 1 heterocycles. The Morgan fingerprint density at radius 3 is 2.25 bits per heavy atom. The molecule has 6 heteroatoms. The van der Waals surface area contributed by atoms with Crippen LogP contribution in [0.3, 0.4) is 0 Å². The molecule has 2 aromatic rings. The highest BCUT2D eigenvalue weighted by Crippen LogP contribution is 2.23. The summed E-state index contributed by atoms with van der Waals surface area (Å²) in [4.78, 5) is 14.0. The number of sulfone groups is 1. The lowest BCUT2D eigenvalue weighted by atomic mass is 10.1. The van der Waals surface area contributed by atoms with E-state index in [4.69, 9.17) is 4.74 Å². The molecule has 0 spiro atoms. The van der Waals surface area contributed by atoms with Crippen LogP contribution in [0.1, 0.15) is 16.8 Å². The number of para-hydroxylation sites is 1. The summed E-state index contributed by atoms with van der Waals surface area (Å²) in [5.74, 6) is 1.39. The van der Waals surface area contributed by atoms with Crippen LogP contribution in [0.4, 0.5) is 0 Å². The normalized spacial score (nSPS) is 19.0. The van der Waals surface area contributed by atoms with Gasteiger partial charge in [-0.05, 0) is 42.8 Å². The van der Waals surface area contributed by atoms with Gasteiger partial charge in [-0.1, -0.05) is 18.2 Å². The molecule has 2 aromatic carbocycles. The SMILES string of the molecule is CN(C(=O)c1ccc(Oc2ccccc2)cc1)[C@H]1CCS(=O)(=O)C1. The van der Waals surface area contributed by atoms with Gasteiger partial charge in [-0.3, -0.25) is 4.79 Å². The van der Waals surface area contributed by atoms with E-state index in [1.165, 1.54) is 4.90 Å². The Bertz CT molecular complexity index is 816. The number of nitrogens with zero attached hydrogens (tertiary/aromatic N) is 1. The van der Waals surface area contributed by atoms with E-state index in [0.29, 0.717) is 17.7 Å². The van der Waals surface area contributed by atoms with E-state index in [2.05, 4.69) is 0 Å². The highest BCUT2D eigenvalue weighted by atomic mass is 32.2. The van der Waals surface area contributed by atoms with Gasteiger partial charge in [0.1, 0.15) is 11.5 Å². The first-order valence-electron chi connectivity index (χ1n) is 7.75. The van der Waals surface area contributed by atoms with E-state index in [1.54, 1.807) is 31.3 Å². The summed E-state index contributed by atoms with van der Waals surface area (Å²) in [5, 5.41) is 0. The van der Waals surface area contributed by atoms with Crippen molar-refractivity contribution in [2.45, 2.75) is 12.5 Å². The number of carbonyl (C=O) groups is 1. The van der Waals surface area contributed by atoms with Gasteiger partial charge in [-0.15, -0.1) is 0 Å². The van der Waals surface area contributed by atoms with Gasteiger partial charge in [0.05, 0.1) is 11.5 Å². The summed E-state index contributed by atoms with van der Waals surface area (Å²) in [6.45, 7) is 0. The van der Waals surface area contributed by atoms with Crippen LogP contribution < -0.4 is 4.74 Å². The lowest BCUT2D eigenvalue weighted by Crippen LogP contribution is -2.37. The quantitative estimate of drug-likeness (QED) is 0.855. The Balaban J connectivity index is 1.67. The zero-order valence-electron chi connectivity index (χ0n) is 13.4. The largest absolute Gasteiger partial charge is 0.457 e. The van der Waals surface area contributed by atoms with Crippen LogP contribution in [0.25, 0.3) is 0 Å². The minimum Gasteiger partial charge on any atom is -0.457 e. The average Bonchev–Trinajstić information content (AvgIpc) is 2.95. The van der Waals surface area contributed by atoms with Gasteiger partial charge in [-0.25, -0.2) is 8.42 Å². The Hall–Kier alpha value is -2.34. The molecule has 0 aromatic heterocycles. The number of hydrogen-bond donors (Lipinski definition) is 0. The number of rotatable bonds is 4. The molecule has 0 saturated carbocycles. The molecule has 0 N–H and O–H groups in total. The molecule has 5 nitrogen and oxygen atoms in total. The Kier molecular flexibility index (Phi) is 4.57. The predicted molar refractivity (Wildman–Crippen MR) is 92.1 cm³/mol. The first-order chi connectivity index (χ1) is 11.4. The molecule has 1 atom stereocenters. The summed E-state index contributed by atoms with van der Waals surface area (Å²) in [6.07, 6.45) is 0.500. The smallest absolute Gasteiger partial charge is 0.253 e. The van der Waals surface area contributed by atoms with E-state index in [1.807, 2.05) is 30.3 Å². The molecule has 3 rings (SSSR count). The van der Waals surface area contributed by atoms with Crippen LogP contribution in [-0.2, 0) is 9.84 Å². The zero-order chi connectivity index (χ0) is 17.2. The zero-order valence-corrected chi connectivity index (χ0v) is 14.2. The topological polar surface area (TPSA) is 63.7 Å². The van der Waals surface area contributed by atoms with Crippen molar-refractivity contribution in [3.63, 3.8) is 0 Å². The minimum atomic E-state index is -3.01. The van der Waals surface area contributed by atoms with Crippen molar-refractivity contribution in [1.29, 1.82) is 0 Å². The van der Waals surface area contributed by atoms with Crippen molar-refractivity contribution >= 4 is 15.7 Å². The fraction of sp³-hybridized carbons (Fsp3) is 0.278. The summed E-state index contributed by atoms with van der Waals surface area (Å²) in [6, 6.07) is 16.0. The van der Waals surface area contributed by atoms with E-state index in [-0.39, 0.29) is 23.5 Å². The van der Waals surface area contributed by atoms with Crippen molar-refractivity contribution in [2.24, 2.45) is 0 Å². The second kappa shape index (κ2) is 6.65. The Morgan fingerprint density at radius 1 is 1.04 bits per heavy atom. The third-order valence-electron chi connectivity index (χ3n) is 4.16. The summed E-state index contributed by atoms with van der Waals surface area (Å²) >= 11 is 0. The second-order valence-electron chi connectivity index (χ2n) is 5.91. The standard InChI is InChI=1S/C18H19NO4S/c1-19(15-11-12-24(21,22)13-15)18(20)14-7-9-17(10-8-14)23-16-5-3-2-4-6-16/h2-10,15H,11-13H2,1H3/t15-/m0/s1. The summed E-state index contributed by atoms with van der Waals surface area (Å²) in [7, 11) is -1.36. The predicted octanol–water partition coefficient (Wildman–Crippen LogP) is 2.74. The molecule has 0 aliphatic carbocycles.